The quantitative estimate of drug-likeness (QED) is 0.848. The molecule has 0 spiro atoms. The molecule has 1 aromatic carbocycles. The number of rotatable bonds is 2. The number of anilines is 1. The fraction of sp³-hybridized carbons (Fsp3) is 0.467. The van der Waals surface area contributed by atoms with E-state index >= 15 is 0 Å². The molecule has 6 heteroatoms. The topological polar surface area (TPSA) is 69.6 Å². The minimum Gasteiger partial charge on any atom is -0.478 e. The van der Waals surface area contributed by atoms with Gasteiger partial charge < -0.3 is 15.3 Å². The van der Waals surface area contributed by atoms with Gasteiger partial charge in [-0.05, 0) is 53.7 Å². The van der Waals surface area contributed by atoms with E-state index in [0.717, 1.165) is 12.8 Å². The van der Waals surface area contributed by atoms with Crippen LogP contribution in [-0.2, 0) is 0 Å². The molecule has 1 aliphatic heterocycles. The number of amides is 2. The second kappa shape index (κ2) is 6.47. The summed E-state index contributed by atoms with van der Waals surface area (Å²) in [4.78, 5) is 25.5. The number of para-hydroxylation sites is 1. The first kappa shape index (κ1) is 15.8. The summed E-state index contributed by atoms with van der Waals surface area (Å²) in [5, 5.41) is 12.0. The van der Waals surface area contributed by atoms with Crippen LogP contribution in [0.2, 0.25) is 0 Å². The van der Waals surface area contributed by atoms with Gasteiger partial charge in [-0.1, -0.05) is 13.0 Å². The number of nitrogens with one attached hydrogen (secondary N) is 1. The number of likely N-dealkylation sites (tertiary alicyclic amines) is 1. The summed E-state index contributed by atoms with van der Waals surface area (Å²) in [6.45, 7) is 4.86. The highest BCUT2D eigenvalue weighted by molar-refractivity contribution is 9.10. The summed E-state index contributed by atoms with van der Waals surface area (Å²) >= 11 is 3.30. The van der Waals surface area contributed by atoms with Crippen LogP contribution in [0.3, 0.4) is 0 Å². The van der Waals surface area contributed by atoms with Gasteiger partial charge >= 0.3 is 12.0 Å². The van der Waals surface area contributed by atoms with E-state index in [1.165, 1.54) is 6.07 Å². The van der Waals surface area contributed by atoms with Crippen LogP contribution in [0.15, 0.2) is 22.7 Å². The third-order valence-electron chi connectivity index (χ3n) is 4.11. The number of carboxylic acid groups (broad SMARTS) is 1. The Morgan fingerprint density at radius 3 is 2.76 bits per heavy atom. The molecule has 1 fully saturated rings. The number of urea groups is 1. The van der Waals surface area contributed by atoms with E-state index in [2.05, 4.69) is 28.2 Å². The maximum atomic E-state index is 12.5. The van der Waals surface area contributed by atoms with Crippen molar-refractivity contribution in [3.05, 3.63) is 28.2 Å². The zero-order valence-electron chi connectivity index (χ0n) is 12.1. The largest absolute Gasteiger partial charge is 0.478 e. The van der Waals surface area contributed by atoms with E-state index in [4.69, 9.17) is 0 Å². The van der Waals surface area contributed by atoms with Crippen molar-refractivity contribution >= 4 is 33.6 Å². The van der Waals surface area contributed by atoms with E-state index in [1.54, 1.807) is 17.0 Å². The third kappa shape index (κ3) is 3.37. The average molecular weight is 355 g/mol. The molecule has 1 heterocycles. The van der Waals surface area contributed by atoms with Gasteiger partial charge in [-0.25, -0.2) is 9.59 Å². The van der Waals surface area contributed by atoms with E-state index in [0.29, 0.717) is 22.6 Å². The first-order valence-corrected chi connectivity index (χ1v) is 7.80. The number of carbonyl (C=O) groups excluding carboxylic acids is 1. The van der Waals surface area contributed by atoms with Gasteiger partial charge in [-0.15, -0.1) is 0 Å². The molecule has 114 valence electrons. The van der Waals surface area contributed by atoms with Gasteiger partial charge in [0, 0.05) is 17.1 Å². The molecule has 0 aliphatic carbocycles. The molecule has 2 atom stereocenters. The Kier molecular flexibility index (Phi) is 4.88. The summed E-state index contributed by atoms with van der Waals surface area (Å²) in [6.07, 6.45) is 2.08. The van der Waals surface area contributed by atoms with Crippen LogP contribution in [-0.4, -0.2) is 34.6 Å². The number of hydrogen-bond donors (Lipinski definition) is 2. The monoisotopic (exact) mass is 354 g/mol. The van der Waals surface area contributed by atoms with Crippen molar-refractivity contribution in [3.63, 3.8) is 0 Å². The molecule has 1 aromatic rings. The van der Waals surface area contributed by atoms with Gasteiger partial charge in [0.2, 0.25) is 0 Å². The Bertz CT molecular complexity index is 562. The predicted molar refractivity (Wildman–Crippen MR) is 84.7 cm³/mol. The van der Waals surface area contributed by atoms with Crippen LogP contribution in [0.4, 0.5) is 10.5 Å². The smallest absolute Gasteiger partial charge is 0.337 e. The van der Waals surface area contributed by atoms with Gasteiger partial charge in [0.05, 0.1) is 11.3 Å². The molecule has 0 saturated carbocycles. The summed E-state index contributed by atoms with van der Waals surface area (Å²) in [6, 6.07) is 4.72. The van der Waals surface area contributed by atoms with E-state index in [9.17, 15) is 14.7 Å². The first-order valence-electron chi connectivity index (χ1n) is 7.01. The number of piperidine rings is 1. The van der Waals surface area contributed by atoms with Crippen LogP contribution in [0.1, 0.15) is 37.0 Å². The molecule has 0 radical (unpaired) electrons. The standard InChI is InChI=1S/C15H19BrN2O3/c1-9-5-4-8-18(10(9)2)15(21)17-13-11(14(19)20)6-3-7-12(13)16/h3,6-7,9-10H,4-5,8H2,1-2H3,(H,17,21)(H,19,20). The van der Waals surface area contributed by atoms with Crippen LogP contribution >= 0.6 is 15.9 Å². The van der Waals surface area contributed by atoms with Gasteiger partial charge in [0.25, 0.3) is 0 Å². The van der Waals surface area contributed by atoms with Crippen molar-refractivity contribution < 1.29 is 14.7 Å². The number of benzene rings is 1. The van der Waals surface area contributed by atoms with Crippen molar-refractivity contribution in [1.82, 2.24) is 4.90 Å². The Labute approximate surface area is 132 Å². The maximum Gasteiger partial charge on any atom is 0.337 e. The normalized spacial score (nSPS) is 22.0. The molecule has 2 N–H and O–H groups in total. The SMILES string of the molecule is CC1CCCN(C(=O)Nc2c(Br)cccc2C(=O)O)C1C. The fourth-order valence-corrected chi connectivity index (χ4v) is 3.10. The molecular formula is C15H19BrN2O3. The number of carbonyl (C=O) groups is 2. The Balaban J connectivity index is 2.22. The lowest BCUT2D eigenvalue weighted by atomic mass is 9.92. The van der Waals surface area contributed by atoms with E-state index in [-0.39, 0.29) is 17.6 Å². The number of hydrogen-bond acceptors (Lipinski definition) is 2. The first-order chi connectivity index (χ1) is 9.91. The molecule has 2 rings (SSSR count). The summed E-state index contributed by atoms with van der Waals surface area (Å²) in [5.74, 6) is -0.616. The highest BCUT2D eigenvalue weighted by Gasteiger charge is 2.29. The summed E-state index contributed by atoms with van der Waals surface area (Å²) in [5.41, 5.74) is 0.385. The van der Waals surface area contributed by atoms with E-state index < -0.39 is 5.97 Å². The van der Waals surface area contributed by atoms with Crippen molar-refractivity contribution in [3.8, 4) is 0 Å². The number of aromatic carboxylic acids is 1. The number of nitrogens with zero attached hydrogens (tertiary/aromatic N) is 1. The predicted octanol–water partition coefficient (Wildman–Crippen LogP) is 3.80. The summed E-state index contributed by atoms with van der Waals surface area (Å²) in [7, 11) is 0. The highest BCUT2D eigenvalue weighted by atomic mass is 79.9. The lowest BCUT2D eigenvalue weighted by Crippen LogP contribution is -2.48. The molecule has 1 saturated heterocycles. The van der Waals surface area contributed by atoms with E-state index in [1.807, 2.05) is 6.92 Å². The third-order valence-corrected chi connectivity index (χ3v) is 4.77. The molecular weight excluding hydrogens is 336 g/mol. The molecule has 2 amide bonds. The van der Waals surface area contributed by atoms with Gasteiger partial charge in [0.1, 0.15) is 0 Å². The molecule has 2 unspecified atom stereocenters. The zero-order chi connectivity index (χ0) is 15.6. The number of halogens is 1. The molecule has 21 heavy (non-hydrogen) atoms. The van der Waals surface area contributed by atoms with Crippen molar-refractivity contribution in [2.75, 3.05) is 11.9 Å². The minimum absolute atomic E-state index is 0.0791. The summed E-state index contributed by atoms with van der Waals surface area (Å²) < 4.78 is 0.563. The Hall–Kier alpha value is -1.56. The highest BCUT2D eigenvalue weighted by Crippen LogP contribution is 2.28. The van der Waals surface area contributed by atoms with Crippen LogP contribution in [0, 0.1) is 5.92 Å². The fourth-order valence-electron chi connectivity index (χ4n) is 2.63. The number of carboxylic acids is 1. The van der Waals surface area contributed by atoms with Crippen molar-refractivity contribution in [1.29, 1.82) is 0 Å². The second-order valence-electron chi connectivity index (χ2n) is 5.45. The van der Waals surface area contributed by atoms with Crippen LogP contribution < -0.4 is 5.32 Å². The van der Waals surface area contributed by atoms with Gasteiger partial charge in [-0.3, -0.25) is 0 Å². The van der Waals surface area contributed by atoms with Gasteiger partial charge in [0.15, 0.2) is 0 Å². The molecule has 5 nitrogen and oxygen atoms in total. The molecule has 1 aliphatic rings. The molecule has 0 bridgehead atoms. The average Bonchev–Trinajstić information content (AvgIpc) is 2.43. The van der Waals surface area contributed by atoms with Crippen LogP contribution in [0.25, 0.3) is 0 Å². The lowest BCUT2D eigenvalue weighted by Gasteiger charge is -2.37. The lowest BCUT2D eigenvalue weighted by molar-refractivity contribution is 0.0698. The maximum absolute atomic E-state index is 12.5. The Morgan fingerprint density at radius 1 is 1.38 bits per heavy atom. The van der Waals surface area contributed by atoms with Crippen molar-refractivity contribution in [2.24, 2.45) is 5.92 Å². The second-order valence-corrected chi connectivity index (χ2v) is 6.31. The minimum atomic E-state index is -1.06. The van der Waals surface area contributed by atoms with Crippen LogP contribution in [0.5, 0.6) is 0 Å². The zero-order valence-corrected chi connectivity index (χ0v) is 13.7. The Morgan fingerprint density at radius 2 is 2.10 bits per heavy atom. The van der Waals surface area contributed by atoms with Gasteiger partial charge in [-0.2, -0.15) is 0 Å². The van der Waals surface area contributed by atoms with Crippen molar-refractivity contribution in [2.45, 2.75) is 32.7 Å². The molecule has 0 aromatic heterocycles.